The van der Waals surface area contributed by atoms with Crippen LogP contribution in [0.15, 0.2) is 30.3 Å². The molecule has 2 rings (SSSR count). The molecule has 1 aromatic carbocycles. The van der Waals surface area contributed by atoms with Crippen LogP contribution in [0, 0.1) is 0 Å². The predicted molar refractivity (Wildman–Crippen MR) is 83.4 cm³/mol. The molecule has 1 atom stereocenters. The summed E-state index contributed by atoms with van der Waals surface area (Å²) in [6.07, 6.45) is 5.49. The fourth-order valence-corrected chi connectivity index (χ4v) is 2.33. The standard InChI is InChI=1S/C17H21NO4/c1-18(12-15-4-3-11-22-15)16(19)10-7-13-5-8-14(9-6-13)17(20)21-2/h5-10,15H,3-4,11-12H2,1-2H3/b10-7+/t15-/m0/s1. The topological polar surface area (TPSA) is 55.8 Å². The Labute approximate surface area is 130 Å². The molecule has 1 aromatic rings. The predicted octanol–water partition coefficient (Wildman–Crippen LogP) is 2.12. The second kappa shape index (κ2) is 7.75. The van der Waals surface area contributed by atoms with Gasteiger partial charge in [-0.1, -0.05) is 12.1 Å². The van der Waals surface area contributed by atoms with E-state index >= 15 is 0 Å². The number of esters is 1. The molecule has 1 heterocycles. The van der Waals surface area contributed by atoms with Crippen LogP contribution in [0.25, 0.3) is 6.08 Å². The van der Waals surface area contributed by atoms with Crippen molar-refractivity contribution < 1.29 is 19.1 Å². The zero-order valence-corrected chi connectivity index (χ0v) is 13.0. The Morgan fingerprint density at radius 2 is 2.09 bits per heavy atom. The van der Waals surface area contributed by atoms with Gasteiger partial charge in [0.1, 0.15) is 0 Å². The molecule has 0 saturated carbocycles. The number of methoxy groups -OCH3 is 1. The summed E-state index contributed by atoms with van der Waals surface area (Å²) >= 11 is 0. The molecule has 1 saturated heterocycles. The molecular weight excluding hydrogens is 282 g/mol. The highest BCUT2D eigenvalue weighted by Gasteiger charge is 2.18. The average molecular weight is 303 g/mol. The number of carbonyl (C=O) groups is 2. The maximum absolute atomic E-state index is 12.0. The fraction of sp³-hybridized carbons (Fsp3) is 0.412. The first-order chi connectivity index (χ1) is 10.6. The number of amides is 1. The normalized spacial score (nSPS) is 17.6. The minimum atomic E-state index is -0.372. The van der Waals surface area contributed by atoms with Crippen molar-refractivity contribution in [2.24, 2.45) is 0 Å². The number of rotatable bonds is 5. The molecule has 1 aliphatic heterocycles. The molecule has 5 nitrogen and oxygen atoms in total. The van der Waals surface area contributed by atoms with Crippen molar-refractivity contribution in [3.63, 3.8) is 0 Å². The van der Waals surface area contributed by atoms with Crippen molar-refractivity contribution in [3.05, 3.63) is 41.5 Å². The lowest BCUT2D eigenvalue weighted by Gasteiger charge is -2.19. The van der Waals surface area contributed by atoms with Crippen LogP contribution in [-0.2, 0) is 14.3 Å². The number of likely N-dealkylation sites (N-methyl/N-ethyl adjacent to an activating group) is 1. The van der Waals surface area contributed by atoms with E-state index in [9.17, 15) is 9.59 Å². The van der Waals surface area contributed by atoms with Crippen molar-refractivity contribution >= 4 is 18.0 Å². The summed E-state index contributed by atoms with van der Waals surface area (Å²) < 4.78 is 10.2. The highest BCUT2D eigenvalue weighted by molar-refractivity contribution is 5.92. The number of hydrogen-bond donors (Lipinski definition) is 0. The van der Waals surface area contributed by atoms with Gasteiger partial charge in [0.2, 0.25) is 5.91 Å². The number of benzene rings is 1. The van der Waals surface area contributed by atoms with Gasteiger partial charge in [-0.25, -0.2) is 4.79 Å². The molecule has 5 heteroatoms. The van der Waals surface area contributed by atoms with E-state index in [1.165, 1.54) is 13.2 Å². The maximum atomic E-state index is 12.0. The molecular formula is C17H21NO4. The molecule has 22 heavy (non-hydrogen) atoms. The molecule has 0 spiro atoms. The van der Waals surface area contributed by atoms with Gasteiger partial charge in [0, 0.05) is 26.3 Å². The molecule has 0 N–H and O–H groups in total. The smallest absolute Gasteiger partial charge is 0.337 e. The average Bonchev–Trinajstić information content (AvgIpc) is 3.05. The molecule has 1 amide bonds. The molecule has 0 bridgehead atoms. The maximum Gasteiger partial charge on any atom is 0.337 e. The molecule has 0 radical (unpaired) electrons. The van der Waals surface area contributed by atoms with E-state index in [-0.39, 0.29) is 18.0 Å². The SMILES string of the molecule is COC(=O)c1ccc(/C=C/C(=O)N(C)C[C@@H]2CCCO2)cc1. The Kier molecular flexibility index (Phi) is 5.72. The third-order valence-electron chi connectivity index (χ3n) is 3.63. The zero-order chi connectivity index (χ0) is 15.9. The van der Waals surface area contributed by atoms with Crippen LogP contribution in [0.3, 0.4) is 0 Å². The van der Waals surface area contributed by atoms with Crippen LogP contribution in [0.5, 0.6) is 0 Å². The molecule has 0 aromatic heterocycles. The Morgan fingerprint density at radius 1 is 1.36 bits per heavy atom. The van der Waals surface area contributed by atoms with Gasteiger partial charge in [-0.05, 0) is 36.6 Å². The monoisotopic (exact) mass is 303 g/mol. The summed E-state index contributed by atoms with van der Waals surface area (Å²) in [5, 5.41) is 0. The second-order valence-electron chi connectivity index (χ2n) is 5.30. The first-order valence-electron chi connectivity index (χ1n) is 7.33. The van der Waals surface area contributed by atoms with Crippen LogP contribution in [0.1, 0.15) is 28.8 Å². The van der Waals surface area contributed by atoms with E-state index in [2.05, 4.69) is 4.74 Å². The van der Waals surface area contributed by atoms with E-state index in [1.54, 1.807) is 42.3 Å². The van der Waals surface area contributed by atoms with Crippen LogP contribution < -0.4 is 0 Å². The lowest BCUT2D eigenvalue weighted by molar-refractivity contribution is -0.126. The Morgan fingerprint density at radius 3 is 2.68 bits per heavy atom. The second-order valence-corrected chi connectivity index (χ2v) is 5.30. The zero-order valence-electron chi connectivity index (χ0n) is 13.0. The van der Waals surface area contributed by atoms with Gasteiger partial charge in [0.25, 0.3) is 0 Å². The fourth-order valence-electron chi connectivity index (χ4n) is 2.33. The van der Waals surface area contributed by atoms with Crippen molar-refractivity contribution in [2.45, 2.75) is 18.9 Å². The summed E-state index contributed by atoms with van der Waals surface area (Å²) in [7, 11) is 3.12. The van der Waals surface area contributed by atoms with Gasteiger partial charge >= 0.3 is 5.97 Å². The summed E-state index contributed by atoms with van der Waals surface area (Å²) in [6.45, 7) is 1.40. The number of carbonyl (C=O) groups excluding carboxylic acids is 2. The van der Waals surface area contributed by atoms with Crippen molar-refractivity contribution in [3.8, 4) is 0 Å². The summed E-state index contributed by atoms with van der Waals surface area (Å²) in [5.74, 6) is -0.435. The number of nitrogens with zero attached hydrogens (tertiary/aromatic N) is 1. The third kappa shape index (κ3) is 4.43. The number of ether oxygens (including phenoxy) is 2. The molecule has 1 aliphatic rings. The third-order valence-corrected chi connectivity index (χ3v) is 3.63. The Bertz CT molecular complexity index is 544. The Balaban J connectivity index is 1.89. The van der Waals surface area contributed by atoms with E-state index in [4.69, 9.17) is 4.74 Å². The van der Waals surface area contributed by atoms with Crippen LogP contribution in [0.4, 0.5) is 0 Å². The lowest BCUT2D eigenvalue weighted by Crippen LogP contribution is -2.32. The molecule has 0 aliphatic carbocycles. The molecule has 118 valence electrons. The van der Waals surface area contributed by atoms with E-state index in [0.29, 0.717) is 12.1 Å². The molecule has 1 fully saturated rings. The van der Waals surface area contributed by atoms with Gasteiger partial charge in [-0.2, -0.15) is 0 Å². The highest BCUT2D eigenvalue weighted by atomic mass is 16.5. The van der Waals surface area contributed by atoms with Crippen LogP contribution in [-0.4, -0.2) is 50.2 Å². The Hall–Kier alpha value is -2.14. The summed E-state index contributed by atoms with van der Waals surface area (Å²) in [4.78, 5) is 25.0. The quantitative estimate of drug-likeness (QED) is 0.617. The molecule has 0 unspecified atom stereocenters. The van der Waals surface area contributed by atoms with E-state index in [0.717, 1.165) is 25.0 Å². The van der Waals surface area contributed by atoms with Crippen molar-refractivity contribution in [1.82, 2.24) is 4.90 Å². The minimum absolute atomic E-state index is 0.0625. The van der Waals surface area contributed by atoms with E-state index < -0.39 is 0 Å². The van der Waals surface area contributed by atoms with Gasteiger partial charge in [0.15, 0.2) is 0 Å². The minimum Gasteiger partial charge on any atom is -0.465 e. The van der Waals surface area contributed by atoms with Crippen LogP contribution >= 0.6 is 0 Å². The highest BCUT2D eigenvalue weighted by Crippen LogP contribution is 2.13. The summed E-state index contributed by atoms with van der Waals surface area (Å²) in [5.41, 5.74) is 1.34. The van der Waals surface area contributed by atoms with E-state index in [1.807, 2.05) is 0 Å². The van der Waals surface area contributed by atoms with Crippen molar-refractivity contribution in [2.75, 3.05) is 27.3 Å². The van der Waals surface area contributed by atoms with Crippen molar-refractivity contribution in [1.29, 1.82) is 0 Å². The largest absolute Gasteiger partial charge is 0.465 e. The first-order valence-corrected chi connectivity index (χ1v) is 7.33. The number of hydrogen-bond acceptors (Lipinski definition) is 4. The first kappa shape index (κ1) is 16.2. The van der Waals surface area contributed by atoms with Gasteiger partial charge in [0.05, 0.1) is 18.8 Å². The summed E-state index contributed by atoms with van der Waals surface area (Å²) in [6, 6.07) is 6.89. The van der Waals surface area contributed by atoms with Gasteiger partial charge < -0.3 is 14.4 Å². The van der Waals surface area contributed by atoms with Gasteiger partial charge in [-0.3, -0.25) is 4.79 Å². The lowest BCUT2D eigenvalue weighted by atomic mass is 10.1. The van der Waals surface area contributed by atoms with Gasteiger partial charge in [-0.15, -0.1) is 0 Å². The van der Waals surface area contributed by atoms with Crippen LogP contribution in [0.2, 0.25) is 0 Å².